The summed E-state index contributed by atoms with van der Waals surface area (Å²) in [4.78, 5) is 3.87. The molecule has 2 N–H and O–H groups in total. The van der Waals surface area contributed by atoms with Crippen LogP contribution >= 0.6 is 22.6 Å². The molecular formula is C8H9F2IN2O. The van der Waals surface area contributed by atoms with Gasteiger partial charge in [-0.1, -0.05) is 0 Å². The van der Waals surface area contributed by atoms with Crippen LogP contribution in [0, 0.1) is 3.57 Å². The third-order valence-corrected chi connectivity index (χ3v) is 2.61. The summed E-state index contributed by atoms with van der Waals surface area (Å²) in [5.41, 5.74) is 5.57. The molecule has 78 valence electrons. The zero-order valence-corrected chi connectivity index (χ0v) is 9.59. The average molecular weight is 314 g/mol. The molecule has 0 fully saturated rings. The van der Waals surface area contributed by atoms with Crippen molar-refractivity contribution in [3.05, 3.63) is 20.9 Å². The summed E-state index contributed by atoms with van der Waals surface area (Å²) in [6.45, 7) is -0.00725. The topological polar surface area (TPSA) is 48.1 Å². The maximum absolute atomic E-state index is 12.6. The number of hydrogen-bond acceptors (Lipinski definition) is 3. The minimum Gasteiger partial charge on any atom is -0.481 e. The van der Waals surface area contributed by atoms with Crippen LogP contribution in [0.5, 0.6) is 5.88 Å². The van der Waals surface area contributed by atoms with Crippen molar-refractivity contribution < 1.29 is 13.5 Å². The SMILES string of the molecule is COc1ncc(I)c(C(F)F)c1CN. The number of methoxy groups -OCH3 is 1. The van der Waals surface area contributed by atoms with Crippen LogP contribution in [0.4, 0.5) is 8.78 Å². The predicted molar refractivity (Wildman–Crippen MR) is 56.4 cm³/mol. The molecule has 0 atom stereocenters. The molecule has 0 spiro atoms. The smallest absolute Gasteiger partial charge is 0.265 e. The molecule has 1 rings (SSSR count). The number of aromatic nitrogens is 1. The quantitative estimate of drug-likeness (QED) is 0.869. The van der Waals surface area contributed by atoms with Crippen LogP contribution in [0.1, 0.15) is 17.6 Å². The second-order valence-electron chi connectivity index (χ2n) is 2.51. The Hall–Kier alpha value is -0.500. The predicted octanol–water partition coefficient (Wildman–Crippen LogP) is 2.09. The zero-order valence-electron chi connectivity index (χ0n) is 7.43. The van der Waals surface area contributed by atoms with E-state index < -0.39 is 6.43 Å². The minimum atomic E-state index is -2.56. The van der Waals surface area contributed by atoms with Crippen molar-refractivity contribution >= 4 is 22.6 Å². The van der Waals surface area contributed by atoms with Crippen molar-refractivity contribution in [1.82, 2.24) is 4.98 Å². The Morgan fingerprint density at radius 2 is 2.29 bits per heavy atom. The molecule has 0 aliphatic heterocycles. The first-order valence-corrected chi connectivity index (χ1v) is 4.89. The lowest BCUT2D eigenvalue weighted by molar-refractivity contribution is 0.148. The van der Waals surface area contributed by atoms with Crippen LogP contribution in [0.25, 0.3) is 0 Å². The third kappa shape index (κ3) is 2.11. The van der Waals surface area contributed by atoms with Gasteiger partial charge in [0.2, 0.25) is 5.88 Å². The summed E-state index contributed by atoms with van der Waals surface area (Å²) in [5, 5.41) is 0. The summed E-state index contributed by atoms with van der Waals surface area (Å²) in [6.07, 6.45) is -1.21. The number of pyridine rings is 1. The molecule has 0 amide bonds. The maximum Gasteiger partial charge on any atom is 0.265 e. The Kier molecular flexibility index (Phi) is 3.99. The molecule has 0 aromatic carbocycles. The Morgan fingerprint density at radius 3 is 2.71 bits per heavy atom. The molecule has 3 nitrogen and oxygen atoms in total. The van der Waals surface area contributed by atoms with Crippen LogP contribution in [-0.4, -0.2) is 12.1 Å². The number of nitrogens with zero attached hydrogens (tertiary/aromatic N) is 1. The Bertz CT molecular complexity index is 333. The lowest BCUT2D eigenvalue weighted by Gasteiger charge is -2.12. The van der Waals surface area contributed by atoms with Gasteiger partial charge in [0.1, 0.15) is 0 Å². The highest BCUT2D eigenvalue weighted by Crippen LogP contribution is 2.31. The molecular weight excluding hydrogens is 305 g/mol. The zero-order chi connectivity index (χ0) is 10.7. The molecule has 0 aliphatic carbocycles. The summed E-state index contributed by atoms with van der Waals surface area (Å²) in [5.74, 6) is 0.170. The van der Waals surface area contributed by atoms with Gasteiger partial charge in [0.25, 0.3) is 6.43 Å². The van der Waals surface area contributed by atoms with E-state index >= 15 is 0 Å². The van der Waals surface area contributed by atoms with Crippen LogP contribution in [0.2, 0.25) is 0 Å². The van der Waals surface area contributed by atoms with E-state index in [4.69, 9.17) is 10.5 Å². The molecule has 0 bridgehead atoms. The number of rotatable bonds is 3. The first-order chi connectivity index (χ1) is 6.61. The van der Waals surface area contributed by atoms with Crippen molar-refractivity contribution in [2.75, 3.05) is 7.11 Å². The first-order valence-electron chi connectivity index (χ1n) is 3.81. The Balaban J connectivity index is 3.35. The number of ether oxygens (including phenoxy) is 1. The van der Waals surface area contributed by atoms with Gasteiger partial charge in [-0.15, -0.1) is 0 Å². The number of alkyl halides is 2. The molecule has 0 unspecified atom stereocenters. The van der Waals surface area contributed by atoms with Gasteiger partial charge in [0.05, 0.1) is 7.11 Å². The normalized spacial score (nSPS) is 10.7. The lowest BCUT2D eigenvalue weighted by atomic mass is 10.1. The van der Waals surface area contributed by atoms with Crippen LogP contribution in [-0.2, 0) is 6.54 Å². The molecule has 0 radical (unpaired) electrons. The first kappa shape index (κ1) is 11.6. The Labute approximate surface area is 93.8 Å². The fourth-order valence-electron chi connectivity index (χ4n) is 1.13. The largest absolute Gasteiger partial charge is 0.481 e. The van der Waals surface area contributed by atoms with Crippen LogP contribution < -0.4 is 10.5 Å². The highest BCUT2D eigenvalue weighted by molar-refractivity contribution is 14.1. The number of halogens is 3. The summed E-state index contributed by atoms with van der Waals surface area (Å²) in [7, 11) is 1.38. The molecule has 1 aromatic rings. The van der Waals surface area contributed by atoms with Crippen LogP contribution in [0.15, 0.2) is 6.20 Å². The van der Waals surface area contributed by atoms with Gasteiger partial charge in [-0.2, -0.15) is 0 Å². The molecule has 6 heteroatoms. The van der Waals surface area contributed by atoms with Crippen molar-refractivity contribution in [2.45, 2.75) is 13.0 Å². The van der Waals surface area contributed by atoms with Crippen molar-refractivity contribution in [2.24, 2.45) is 5.73 Å². The van der Waals surface area contributed by atoms with Gasteiger partial charge in [-0.25, -0.2) is 13.8 Å². The average Bonchev–Trinajstić information content (AvgIpc) is 2.16. The molecule has 0 saturated heterocycles. The summed E-state index contributed by atoms with van der Waals surface area (Å²) < 4.78 is 30.6. The van der Waals surface area contributed by atoms with E-state index in [0.29, 0.717) is 3.57 Å². The fourth-order valence-corrected chi connectivity index (χ4v) is 1.83. The maximum atomic E-state index is 12.6. The fraction of sp³-hybridized carbons (Fsp3) is 0.375. The van der Waals surface area contributed by atoms with E-state index in [-0.39, 0.29) is 23.6 Å². The summed E-state index contributed by atoms with van der Waals surface area (Å²) >= 11 is 1.80. The van der Waals surface area contributed by atoms with Gasteiger partial charge in [0, 0.05) is 27.4 Å². The van der Waals surface area contributed by atoms with Gasteiger partial charge in [0.15, 0.2) is 0 Å². The van der Waals surface area contributed by atoms with E-state index in [2.05, 4.69) is 4.98 Å². The molecule has 1 aromatic heterocycles. The third-order valence-electron chi connectivity index (χ3n) is 1.75. The van der Waals surface area contributed by atoms with Gasteiger partial charge >= 0.3 is 0 Å². The van der Waals surface area contributed by atoms with Crippen molar-refractivity contribution in [3.8, 4) is 5.88 Å². The van der Waals surface area contributed by atoms with Gasteiger partial charge < -0.3 is 10.5 Å². The summed E-state index contributed by atoms with van der Waals surface area (Å²) in [6, 6.07) is 0. The highest BCUT2D eigenvalue weighted by atomic mass is 127. The molecule has 1 heterocycles. The van der Waals surface area contributed by atoms with E-state index in [0.717, 1.165) is 0 Å². The molecule has 0 saturated carbocycles. The Morgan fingerprint density at radius 1 is 1.64 bits per heavy atom. The molecule has 0 aliphatic rings. The highest BCUT2D eigenvalue weighted by Gasteiger charge is 2.20. The lowest BCUT2D eigenvalue weighted by Crippen LogP contribution is -2.08. The van der Waals surface area contributed by atoms with E-state index in [9.17, 15) is 8.78 Å². The second kappa shape index (κ2) is 4.83. The van der Waals surface area contributed by atoms with E-state index in [1.54, 1.807) is 22.6 Å². The van der Waals surface area contributed by atoms with Crippen molar-refractivity contribution in [1.29, 1.82) is 0 Å². The molecule has 14 heavy (non-hydrogen) atoms. The van der Waals surface area contributed by atoms with E-state index in [1.807, 2.05) is 0 Å². The van der Waals surface area contributed by atoms with Crippen molar-refractivity contribution in [3.63, 3.8) is 0 Å². The van der Waals surface area contributed by atoms with Gasteiger partial charge in [-0.3, -0.25) is 0 Å². The minimum absolute atomic E-state index is 0.00725. The number of nitrogens with two attached hydrogens (primary N) is 1. The van der Waals surface area contributed by atoms with Gasteiger partial charge in [-0.05, 0) is 22.6 Å². The number of hydrogen-bond donors (Lipinski definition) is 1. The second-order valence-corrected chi connectivity index (χ2v) is 3.67. The van der Waals surface area contributed by atoms with Crippen LogP contribution in [0.3, 0.4) is 0 Å². The standard InChI is InChI=1S/C8H9F2IN2O/c1-14-8-4(2-12)6(7(9)10)5(11)3-13-8/h3,7H,2,12H2,1H3. The monoisotopic (exact) mass is 314 g/mol. The van der Waals surface area contributed by atoms with E-state index in [1.165, 1.54) is 13.3 Å².